The minimum Gasteiger partial charge on any atom is -0.378 e. The van der Waals surface area contributed by atoms with E-state index in [1.165, 1.54) is 0 Å². The van der Waals surface area contributed by atoms with Crippen LogP contribution in [0.15, 0.2) is 47.4 Å². The Labute approximate surface area is 181 Å². The molecule has 0 spiro atoms. The van der Waals surface area contributed by atoms with Crippen LogP contribution < -0.4 is 9.62 Å². The Balaban J connectivity index is 1.82. The summed E-state index contributed by atoms with van der Waals surface area (Å²) in [5, 5.41) is 0. The van der Waals surface area contributed by atoms with Gasteiger partial charge in [0.2, 0.25) is 10.0 Å². The molecule has 0 bridgehead atoms. The maximum absolute atomic E-state index is 13.0. The molecule has 0 aromatic heterocycles. The van der Waals surface area contributed by atoms with Crippen LogP contribution in [-0.2, 0) is 10.0 Å². The summed E-state index contributed by atoms with van der Waals surface area (Å²) in [6, 6.07) is 13.7. The van der Waals surface area contributed by atoms with Crippen LogP contribution in [0.3, 0.4) is 0 Å². The van der Waals surface area contributed by atoms with Gasteiger partial charge in [0.15, 0.2) is 0 Å². The molecule has 0 saturated carbocycles. The lowest BCUT2D eigenvalue weighted by Crippen LogP contribution is -2.48. The van der Waals surface area contributed by atoms with Crippen LogP contribution in [-0.4, -0.2) is 72.1 Å². The number of sulfonamides is 1. The van der Waals surface area contributed by atoms with Gasteiger partial charge < -0.3 is 9.80 Å². The zero-order chi connectivity index (χ0) is 21.9. The number of anilines is 1. The fraction of sp³-hybridized carbons (Fsp3) is 0.478. The third kappa shape index (κ3) is 5.40. The molecular formula is C23H34N4O2S. The lowest BCUT2D eigenvalue weighted by molar-refractivity contribution is 0.113. The molecule has 6 nitrogen and oxygen atoms in total. The lowest BCUT2D eigenvalue weighted by Gasteiger charge is -2.38. The number of aryl methyl sites for hydroxylation is 2. The number of piperazine rings is 1. The summed E-state index contributed by atoms with van der Waals surface area (Å²) in [7, 11) is 2.59. The summed E-state index contributed by atoms with van der Waals surface area (Å²) in [6.45, 7) is 8.07. The highest BCUT2D eigenvalue weighted by Gasteiger charge is 2.26. The third-order valence-electron chi connectivity index (χ3n) is 6.03. The van der Waals surface area contributed by atoms with E-state index in [1.807, 2.05) is 34.0 Å². The standard InChI is InChI=1S/C23H34N4O2S/c1-18-6-11-22(16-19(18)2)30(28,29)24-17-23(27-14-12-26(5)13-15-27)20-7-9-21(10-8-20)25(3)4/h6-11,16,23-24H,12-15,17H2,1-5H3/t23-/m1/s1. The first-order valence-electron chi connectivity index (χ1n) is 10.4. The monoisotopic (exact) mass is 430 g/mol. The van der Waals surface area contributed by atoms with Crippen molar-refractivity contribution >= 4 is 15.7 Å². The Kier molecular flexibility index (Phi) is 7.18. The normalized spacial score (nSPS) is 17.1. The first-order chi connectivity index (χ1) is 14.2. The second kappa shape index (κ2) is 9.47. The number of rotatable bonds is 7. The van der Waals surface area contributed by atoms with Crippen molar-refractivity contribution < 1.29 is 8.42 Å². The van der Waals surface area contributed by atoms with Crippen molar-refractivity contribution in [2.75, 3.05) is 58.8 Å². The molecule has 164 valence electrons. The predicted octanol–water partition coefficient (Wildman–Crippen LogP) is 2.64. The molecule has 2 aromatic rings. The molecular weight excluding hydrogens is 396 g/mol. The highest BCUT2D eigenvalue weighted by molar-refractivity contribution is 7.89. The molecule has 1 fully saturated rings. The molecule has 1 N–H and O–H groups in total. The number of hydrogen-bond donors (Lipinski definition) is 1. The average molecular weight is 431 g/mol. The summed E-state index contributed by atoms with van der Waals surface area (Å²) in [4.78, 5) is 7.08. The first kappa shape index (κ1) is 22.7. The fourth-order valence-corrected chi connectivity index (χ4v) is 4.86. The summed E-state index contributed by atoms with van der Waals surface area (Å²) < 4.78 is 28.8. The topological polar surface area (TPSA) is 55.9 Å². The highest BCUT2D eigenvalue weighted by atomic mass is 32.2. The van der Waals surface area contributed by atoms with E-state index in [2.05, 4.69) is 50.7 Å². The van der Waals surface area contributed by atoms with Crippen molar-refractivity contribution in [3.8, 4) is 0 Å². The molecule has 1 aliphatic rings. The first-order valence-corrected chi connectivity index (χ1v) is 11.9. The van der Waals surface area contributed by atoms with Crippen LogP contribution in [0.4, 0.5) is 5.69 Å². The minimum absolute atomic E-state index is 0.00349. The van der Waals surface area contributed by atoms with Gasteiger partial charge in [-0.25, -0.2) is 13.1 Å². The Bertz CT molecular complexity index is 950. The second-order valence-corrected chi connectivity index (χ2v) is 10.2. The third-order valence-corrected chi connectivity index (χ3v) is 7.45. The van der Waals surface area contributed by atoms with Crippen LogP contribution in [0.2, 0.25) is 0 Å². The number of nitrogens with zero attached hydrogens (tertiary/aromatic N) is 3. The van der Waals surface area contributed by atoms with Gasteiger partial charge in [0, 0.05) is 58.5 Å². The summed E-state index contributed by atoms with van der Waals surface area (Å²) in [5.74, 6) is 0. The van der Waals surface area contributed by atoms with E-state index in [9.17, 15) is 8.42 Å². The summed E-state index contributed by atoms with van der Waals surface area (Å²) >= 11 is 0. The molecule has 7 heteroatoms. The van der Waals surface area contributed by atoms with Crippen molar-refractivity contribution in [2.45, 2.75) is 24.8 Å². The zero-order valence-electron chi connectivity index (χ0n) is 18.7. The largest absolute Gasteiger partial charge is 0.378 e. The van der Waals surface area contributed by atoms with Gasteiger partial charge in [0.1, 0.15) is 0 Å². The van der Waals surface area contributed by atoms with E-state index in [0.29, 0.717) is 11.4 Å². The Hall–Kier alpha value is -1.93. The van der Waals surface area contributed by atoms with E-state index >= 15 is 0 Å². The van der Waals surface area contributed by atoms with Crippen LogP contribution in [0, 0.1) is 13.8 Å². The van der Waals surface area contributed by atoms with Crippen molar-refractivity contribution in [3.05, 3.63) is 59.2 Å². The van der Waals surface area contributed by atoms with Gasteiger partial charge in [0.05, 0.1) is 4.90 Å². The fourth-order valence-electron chi connectivity index (χ4n) is 3.74. The van der Waals surface area contributed by atoms with E-state index < -0.39 is 10.0 Å². The molecule has 3 rings (SSSR count). The molecule has 2 aromatic carbocycles. The maximum atomic E-state index is 13.0. The van der Waals surface area contributed by atoms with Gasteiger partial charge in [-0.15, -0.1) is 0 Å². The van der Waals surface area contributed by atoms with Crippen LogP contribution in [0.1, 0.15) is 22.7 Å². The molecule has 1 saturated heterocycles. The molecule has 1 atom stereocenters. The maximum Gasteiger partial charge on any atom is 0.240 e. The van der Waals surface area contributed by atoms with E-state index in [-0.39, 0.29) is 6.04 Å². The van der Waals surface area contributed by atoms with Gasteiger partial charge >= 0.3 is 0 Å². The second-order valence-electron chi connectivity index (χ2n) is 8.44. The molecule has 0 unspecified atom stereocenters. The Morgan fingerprint density at radius 2 is 1.60 bits per heavy atom. The Morgan fingerprint density at radius 1 is 0.967 bits per heavy atom. The van der Waals surface area contributed by atoms with Crippen LogP contribution in [0.25, 0.3) is 0 Å². The predicted molar refractivity (Wildman–Crippen MR) is 124 cm³/mol. The smallest absolute Gasteiger partial charge is 0.240 e. The van der Waals surface area contributed by atoms with Gasteiger partial charge in [-0.2, -0.15) is 0 Å². The summed E-state index contributed by atoms with van der Waals surface area (Å²) in [5.41, 5.74) is 4.33. The SMILES string of the molecule is Cc1ccc(S(=O)(=O)NC[C@H](c2ccc(N(C)C)cc2)N2CCN(C)CC2)cc1C. The van der Waals surface area contributed by atoms with E-state index in [1.54, 1.807) is 12.1 Å². The minimum atomic E-state index is -3.57. The van der Waals surface area contributed by atoms with Gasteiger partial charge in [0.25, 0.3) is 0 Å². The van der Waals surface area contributed by atoms with E-state index in [4.69, 9.17) is 0 Å². The molecule has 1 heterocycles. The average Bonchev–Trinajstić information content (AvgIpc) is 2.71. The van der Waals surface area contributed by atoms with Gasteiger partial charge in [-0.05, 0) is 61.9 Å². The number of nitrogens with one attached hydrogen (secondary N) is 1. The molecule has 0 radical (unpaired) electrons. The highest BCUT2D eigenvalue weighted by Crippen LogP contribution is 2.25. The van der Waals surface area contributed by atoms with Gasteiger partial charge in [-0.1, -0.05) is 18.2 Å². The van der Waals surface area contributed by atoms with Crippen molar-refractivity contribution in [1.29, 1.82) is 0 Å². The molecule has 0 amide bonds. The lowest BCUT2D eigenvalue weighted by atomic mass is 10.0. The van der Waals surface area contributed by atoms with Crippen molar-refractivity contribution in [3.63, 3.8) is 0 Å². The number of likely N-dealkylation sites (N-methyl/N-ethyl adjacent to an activating group) is 1. The van der Waals surface area contributed by atoms with Crippen LogP contribution >= 0.6 is 0 Å². The van der Waals surface area contributed by atoms with Crippen molar-refractivity contribution in [1.82, 2.24) is 14.5 Å². The van der Waals surface area contributed by atoms with Crippen LogP contribution in [0.5, 0.6) is 0 Å². The summed E-state index contributed by atoms with van der Waals surface area (Å²) in [6.07, 6.45) is 0. The van der Waals surface area contributed by atoms with Crippen molar-refractivity contribution in [2.24, 2.45) is 0 Å². The number of hydrogen-bond acceptors (Lipinski definition) is 5. The zero-order valence-corrected chi connectivity index (χ0v) is 19.5. The number of benzene rings is 2. The molecule has 0 aliphatic carbocycles. The molecule has 30 heavy (non-hydrogen) atoms. The van der Waals surface area contributed by atoms with Gasteiger partial charge in [-0.3, -0.25) is 4.90 Å². The molecule has 1 aliphatic heterocycles. The quantitative estimate of drug-likeness (QED) is 0.732. The Morgan fingerprint density at radius 3 is 2.17 bits per heavy atom. The van der Waals surface area contributed by atoms with E-state index in [0.717, 1.165) is 48.6 Å².